The Morgan fingerprint density at radius 1 is 1.09 bits per heavy atom. The number of aromatic nitrogens is 3. The minimum atomic E-state index is -3.28. The molecule has 1 aromatic carbocycles. The summed E-state index contributed by atoms with van der Waals surface area (Å²) in [6, 6.07) is 10.4. The Hall–Kier alpha value is -2.66. The first-order valence-electron chi connectivity index (χ1n) is 11.5. The standard InChI is InChI=1S/C24H28N4O5S/c1-34(29,30)28-10-13-32-20(15-28)16-33-24-23-22(25-8-9-26-23)14-21(27-24)19-4-2-17(3-5-19)18-6-11-31-12-7-18/h2-5,8-9,14,18,20H,6-7,10-13,15-16H2,1H3. The van der Waals surface area contributed by atoms with Crippen LogP contribution in [0.15, 0.2) is 42.7 Å². The first-order valence-corrected chi connectivity index (χ1v) is 13.3. The van der Waals surface area contributed by atoms with E-state index in [1.54, 1.807) is 12.4 Å². The molecule has 0 spiro atoms. The molecule has 2 aliphatic heterocycles. The first-order chi connectivity index (χ1) is 16.5. The van der Waals surface area contributed by atoms with Gasteiger partial charge in [-0.1, -0.05) is 24.3 Å². The van der Waals surface area contributed by atoms with Gasteiger partial charge in [-0.05, 0) is 30.4 Å². The van der Waals surface area contributed by atoms with Crippen molar-refractivity contribution in [3.63, 3.8) is 0 Å². The van der Waals surface area contributed by atoms with E-state index in [1.165, 1.54) is 16.1 Å². The fourth-order valence-corrected chi connectivity index (χ4v) is 5.26. The van der Waals surface area contributed by atoms with Crippen molar-refractivity contribution in [1.82, 2.24) is 19.3 Å². The van der Waals surface area contributed by atoms with Gasteiger partial charge in [-0.15, -0.1) is 0 Å². The quantitative estimate of drug-likeness (QED) is 0.526. The zero-order chi connectivity index (χ0) is 23.5. The van der Waals surface area contributed by atoms with Crippen LogP contribution < -0.4 is 4.74 Å². The number of benzene rings is 1. The molecule has 2 aromatic heterocycles. The molecular weight excluding hydrogens is 456 g/mol. The van der Waals surface area contributed by atoms with E-state index >= 15 is 0 Å². The van der Waals surface area contributed by atoms with Gasteiger partial charge in [0.2, 0.25) is 15.9 Å². The van der Waals surface area contributed by atoms with Gasteiger partial charge in [0.1, 0.15) is 12.7 Å². The number of nitrogens with zero attached hydrogens (tertiary/aromatic N) is 4. The highest BCUT2D eigenvalue weighted by atomic mass is 32.2. The normalized spacial score (nSPS) is 20.4. The number of hydrogen-bond acceptors (Lipinski definition) is 8. The third kappa shape index (κ3) is 5.20. The maximum absolute atomic E-state index is 11.9. The Balaban J connectivity index is 1.37. The van der Waals surface area contributed by atoms with Gasteiger partial charge in [-0.25, -0.2) is 18.4 Å². The van der Waals surface area contributed by atoms with Crippen LogP contribution in [-0.2, 0) is 19.5 Å². The predicted molar refractivity (Wildman–Crippen MR) is 127 cm³/mol. The van der Waals surface area contributed by atoms with Crippen LogP contribution in [0.5, 0.6) is 5.88 Å². The molecule has 1 unspecified atom stereocenters. The highest BCUT2D eigenvalue weighted by molar-refractivity contribution is 7.88. The number of morpholine rings is 1. The number of sulfonamides is 1. The average molecular weight is 485 g/mol. The zero-order valence-corrected chi connectivity index (χ0v) is 19.9. The number of pyridine rings is 1. The average Bonchev–Trinajstić information content (AvgIpc) is 2.87. The van der Waals surface area contributed by atoms with Crippen LogP contribution in [-0.4, -0.2) is 79.6 Å². The van der Waals surface area contributed by atoms with Crippen LogP contribution in [0.3, 0.4) is 0 Å². The summed E-state index contributed by atoms with van der Waals surface area (Å²) in [5.41, 5.74) is 4.25. The number of hydrogen-bond donors (Lipinski definition) is 0. The predicted octanol–water partition coefficient (Wildman–Crippen LogP) is 2.62. The fourth-order valence-electron chi connectivity index (χ4n) is 4.42. The van der Waals surface area contributed by atoms with Gasteiger partial charge in [0.15, 0.2) is 5.52 Å². The second kappa shape index (κ2) is 9.91. The van der Waals surface area contributed by atoms with E-state index in [0.717, 1.165) is 37.3 Å². The molecule has 0 radical (unpaired) electrons. The Morgan fingerprint density at radius 2 is 1.85 bits per heavy atom. The molecule has 0 saturated carbocycles. The Kier molecular flexibility index (Phi) is 6.73. The Labute approximate surface area is 199 Å². The topological polar surface area (TPSA) is 104 Å². The second-order valence-electron chi connectivity index (χ2n) is 8.67. The van der Waals surface area contributed by atoms with Crippen molar-refractivity contribution in [3.8, 4) is 17.1 Å². The summed E-state index contributed by atoms with van der Waals surface area (Å²) in [6.07, 6.45) is 6.14. The molecule has 1 atom stereocenters. The van der Waals surface area contributed by atoms with Crippen LogP contribution in [0, 0.1) is 0 Å². The maximum Gasteiger partial charge on any atom is 0.242 e. The van der Waals surface area contributed by atoms with Gasteiger partial charge in [-0.2, -0.15) is 4.31 Å². The van der Waals surface area contributed by atoms with Gasteiger partial charge < -0.3 is 14.2 Å². The van der Waals surface area contributed by atoms with Crippen molar-refractivity contribution in [3.05, 3.63) is 48.3 Å². The lowest BCUT2D eigenvalue weighted by Crippen LogP contribution is -2.47. The van der Waals surface area contributed by atoms with Gasteiger partial charge in [-0.3, -0.25) is 4.98 Å². The molecule has 5 rings (SSSR count). The Bertz CT molecular complexity index is 1250. The SMILES string of the molecule is CS(=O)(=O)N1CCOC(COc2nc(-c3ccc(C4CCOCC4)cc3)cc3nccnc23)C1. The van der Waals surface area contributed by atoms with Crippen LogP contribution in [0.2, 0.25) is 0 Å². The zero-order valence-electron chi connectivity index (χ0n) is 19.1. The van der Waals surface area contributed by atoms with E-state index in [2.05, 4.69) is 34.2 Å². The van der Waals surface area contributed by atoms with Gasteiger partial charge in [0.05, 0.1) is 24.1 Å². The number of ether oxygens (including phenoxy) is 3. The number of rotatable bonds is 6. The summed E-state index contributed by atoms with van der Waals surface area (Å²) in [6.45, 7) is 2.71. The molecule has 180 valence electrons. The fraction of sp³-hybridized carbons (Fsp3) is 0.458. The van der Waals surface area contributed by atoms with Crippen LogP contribution in [0.1, 0.15) is 24.3 Å². The van der Waals surface area contributed by atoms with E-state index in [1.807, 2.05) is 6.07 Å². The molecule has 34 heavy (non-hydrogen) atoms. The first kappa shape index (κ1) is 23.1. The highest BCUT2D eigenvalue weighted by Crippen LogP contribution is 2.31. The van der Waals surface area contributed by atoms with Crippen LogP contribution in [0.4, 0.5) is 0 Å². The summed E-state index contributed by atoms with van der Waals surface area (Å²) in [5.74, 6) is 0.883. The summed E-state index contributed by atoms with van der Waals surface area (Å²) < 4.78 is 42.4. The Morgan fingerprint density at radius 3 is 2.62 bits per heavy atom. The van der Waals surface area contributed by atoms with Crippen molar-refractivity contribution in [2.75, 3.05) is 45.8 Å². The lowest BCUT2D eigenvalue weighted by atomic mass is 9.91. The van der Waals surface area contributed by atoms with Crippen molar-refractivity contribution in [2.24, 2.45) is 0 Å². The molecule has 3 aromatic rings. The van der Waals surface area contributed by atoms with E-state index < -0.39 is 10.0 Å². The van der Waals surface area contributed by atoms with Gasteiger partial charge >= 0.3 is 0 Å². The van der Waals surface area contributed by atoms with Crippen LogP contribution in [0.25, 0.3) is 22.3 Å². The molecule has 0 N–H and O–H groups in total. The largest absolute Gasteiger partial charge is 0.473 e. The van der Waals surface area contributed by atoms with E-state index in [9.17, 15) is 8.42 Å². The molecule has 0 aliphatic carbocycles. The molecule has 0 amide bonds. The third-order valence-corrected chi connectivity index (χ3v) is 7.57. The van der Waals surface area contributed by atoms with Crippen molar-refractivity contribution >= 4 is 21.1 Å². The van der Waals surface area contributed by atoms with E-state index in [-0.39, 0.29) is 19.3 Å². The third-order valence-electron chi connectivity index (χ3n) is 6.30. The summed E-state index contributed by atoms with van der Waals surface area (Å²) >= 11 is 0. The monoisotopic (exact) mass is 484 g/mol. The molecule has 9 nitrogen and oxygen atoms in total. The minimum absolute atomic E-state index is 0.164. The van der Waals surface area contributed by atoms with Crippen molar-refractivity contribution in [2.45, 2.75) is 24.9 Å². The van der Waals surface area contributed by atoms with E-state index in [4.69, 9.17) is 19.2 Å². The highest BCUT2D eigenvalue weighted by Gasteiger charge is 2.27. The summed E-state index contributed by atoms with van der Waals surface area (Å²) in [7, 11) is -3.28. The molecule has 10 heteroatoms. The lowest BCUT2D eigenvalue weighted by molar-refractivity contribution is -0.0252. The minimum Gasteiger partial charge on any atom is -0.473 e. The molecule has 4 heterocycles. The smallest absolute Gasteiger partial charge is 0.242 e. The van der Waals surface area contributed by atoms with E-state index in [0.29, 0.717) is 36.0 Å². The van der Waals surface area contributed by atoms with Gasteiger partial charge in [0.25, 0.3) is 0 Å². The van der Waals surface area contributed by atoms with Crippen molar-refractivity contribution in [1.29, 1.82) is 0 Å². The maximum atomic E-state index is 11.9. The molecule has 2 aliphatic rings. The lowest BCUT2D eigenvalue weighted by Gasteiger charge is -2.30. The summed E-state index contributed by atoms with van der Waals surface area (Å²) in [4.78, 5) is 13.6. The van der Waals surface area contributed by atoms with Crippen LogP contribution >= 0.6 is 0 Å². The van der Waals surface area contributed by atoms with Crippen molar-refractivity contribution < 1.29 is 22.6 Å². The molecule has 0 bridgehead atoms. The summed E-state index contributed by atoms with van der Waals surface area (Å²) in [5, 5.41) is 0. The second-order valence-corrected chi connectivity index (χ2v) is 10.7. The molecule has 2 saturated heterocycles. The number of fused-ring (bicyclic) bond motifs is 1. The van der Waals surface area contributed by atoms with Gasteiger partial charge in [0, 0.05) is 44.3 Å². The molecule has 2 fully saturated rings. The molecular formula is C24H28N4O5S.